The average molecular weight is 287 g/mol. The van der Waals surface area contributed by atoms with E-state index in [2.05, 4.69) is 9.97 Å². The summed E-state index contributed by atoms with van der Waals surface area (Å²) in [5.74, 6) is 0.840. The van der Waals surface area contributed by atoms with Crippen molar-refractivity contribution in [2.24, 2.45) is 0 Å². The Morgan fingerprint density at radius 1 is 1.39 bits per heavy atom. The summed E-state index contributed by atoms with van der Waals surface area (Å²) in [7, 11) is 0. The molecule has 0 aliphatic rings. The second-order valence-corrected chi connectivity index (χ2v) is 4.23. The molecule has 6 heteroatoms. The zero-order valence-electron chi connectivity index (χ0n) is 9.45. The second kappa shape index (κ2) is 5.50. The molecule has 0 saturated heterocycles. The van der Waals surface area contributed by atoms with E-state index in [1.807, 2.05) is 0 Å². The average Bonchev–Trinajstić information content (AvgIpc) is 2.34. The first-order chi connectivity index (χ1) is 8.60. The van der Waals surface area contributed by atoms with Crippen LogP contribution in [-0.2, 0) is 5.88 Å². The number of hydrogen-bond donors (Lipinski definition) is 0. The van der Waals surface area contributed by atoms with E-state index in [0.29, 0.717) is 23.0 Å². The highest BCUT2D eigenvalue weighted by atomic mass is 35.5. The van der Waals surface area contributed by atoms with Crippen molar-refractivity contribution in [1.82, 2.24) is 9.97 Å². The SMILES string of the molecule is Cc1ncc(CCl)c(Oc2ccc(Cl)c(F)c2)n1. The molecule has 2 rings (SSSR count). The van der Waals surface area contributed by atoms with Gasteiger partial charge in [0, 0.05) is 17.8 Å². The van der Waals surface area contributed by atoms with Crippen LogP contribution < -0.4 is 4.74 Å². The predicted octanol–water partition coefficient (Wildman–Crippen LogP) is 4.11. The first kappa shape index (κ1) is 13.1. The minimum absolute atomic E-state index is 0.0405. The first-order valence-electron chi connectivity index (χ1n) is 5.11. The Morgan fingerprint density at radius 2 is 2.17 bits per heavy atom. The van der Waals surface area contributed by atoms with Gasteiger partial charge in [-0.2, -0.15) is 4.98 Å². The van der Waals surface area contributed by atoms with Gasteiger partial charge >= 0.3 is 0 Å². The Morgan fingerprint density at radius 3 is 2.83 bits per heavy atom. The van der Waals surface area contributed by atoms with Crippen LogP contribution in [0, 0.1) is 12.7 Å². The van der Waals surface area contributed by atoms with Gasteiger partial charge in [-0.05, 0) is 19.1 Å². The third-order valence-electron chi connectivity index (χ3n) is 2.19. The highest BCUT2D eigenvalue weighted by Crippen LogP contribution is 2.27. The summed E-state index contributed by atoms with van der Waals surface area (Å²) in [4.78, 5) is 8.13. The molecule has 0 atom stereocenters. The van der Waals surface area contributed by atoms with Crippen LogP contribution in [0.25, 0.3) is 0 Å². The second-order valence-electron chi connectivity index (χ2n) is 3.56. The van der Waals surface area contributed by atoms with Gasteiger partial charge in [0.1, 0.15) is 17.4 Å². The van der Waals surface area contributed by atoms with Crippen LogP contribution in [0.5, 0.6) is 11.6 Å². The van der Waals surface area contributed by atoms with Crippen molar-refractivity contribution in [2.45, 2.75) is 12.8 Å². The number of ether oxygens (including phenoxy) is 1. The molecule has 0 aliphatic carbocycles. The highest BCUT2D eigenvalue weighted by molar-refractivity contribution is 6.30. The molecule has 0 fully saturated rings. The van der Waals surface area contributed by atoms with Crippen molar-refractivity contribution in [3.63, 3.8) is 0 Å². The van der Waals surface area contributed by atoms with Gasteiger partial charge in [-0.3, -0.25) is 0 Å². The lowest BCUT2D eigenvalue weighted by atomic mass is 10.3. The van der Waals surface area contributed by atoms with E-state index in [4.69, 9.17) is 27.9 Å². The van der Waals surface area contributed by atoms with Crippen molar-refractivity contribution in [3.05, 3.63) is 46.6 Å². The quantitative estimate of drug-likeness (QED) is 0.797. The maximum absolute atomic E-state index is 13.3. The summed E-state index contributed by atoms with van der Waals surface area (Å²) in [6, 6.07) is 4.17. The molecule has 0 N–H and O–H groups in total. The number of hydrogen-bond acceptors (Lipinski definition) is 3. The van der Waals surface area contributed by atoms with Crippen LogP contribution in [-0.4, -0.2) is 9.97 Å². The van der Waals surface area contributed by atoms with E-state index in [9.17, 15) is 4.39 Å². The normalized spacial score (nSPS) is 10.4. The number of alkyl halides is 1. The molecule has 0 spiro atoms. The zero-order valence-corrected chi connectivity index (χ0v) is 11.0. The Labute approximate surface area is 114 Å². The van der Waals surface area contributed by atoms with Gasteiger partial charge in [0.05, 0.1) is 10.9 Å². The maximum Gasteiger partial charge on any atom is 0.226 e. The van der Waals surface area contributed by atoms with E-state index in [0.717, 1.165) is 0 Å². The fourth-order valence-corrected chi connectivity index (χ4v) is 1.61. The van der Waals surface area contributed by atoms with Crippen molar-refractivity contribution in [3.8, 4) is 11.6 Å². The molecule has 1 heterocycles. The number of rotatable bonds is 3. The van der Waals surface area contributed by atoms with E-state index in [1.165, 1.54) is 12.1 Å². The van der Waals surface area contributed by atoms with Gasteiger partial charge in [0.15, 0.2) is 0 Å². The van der Waals surface area contributed by atoms with Crippen molar-refractivity contribution in [1.29, 1.82) is 0 Å². The van der Waals surface area contributed by atoms with E-state index in [1.54, 1.807) is 19.2 Å². The monoisotopic (exact) mass is 286 g/mol. The summed E-state index contributed by atoms with van der Waals surface area (Å²) in [5, 5.41) is 0.0405. The van der Waals surface area contributed by atoms with Gasteiger partial charge in [0.2, 0.25) is 5.88 Å². The largest absolute Gasteiger partial charge is 0.438 e. The fraction of sp³-hybridized carbons (Fsp3) is 0.167. The molecule has 1 aromatic heterocycles. The molecule has 0 radical (unpaired) electrons. The summed E-state index contributed by atoms with van der Waals surface area (Å²) in [6.07, 6.45) is 1.58. The smallest absolute Gasteiger partial charge is 0.226 e. The number of aromatic nitrogens is 2. The summed E-state index contributed by atoms with van der Waals surface area (Å²) < 4.78 is 18.8. The molecular formula is C12H9Cl2FN2O. The van der Waals surface area contributed by atoms with Crippen LogP contribution in [0.15, 0.2) is 24.4 Å². The third-order valence-corrected chi connectivity index (χ3v) is 2.79. The molecule has 0 aliphatic heterocycles. The van der Waals surface area contributed by atoms with Crippen LogP contribution >= 0.6 is 23.2 Å². The standard InChI is InChI=1S/C12H9Cl2FN2O/c1-7-16-6-8(5-13)12(17-7)18-9-2-3-10(14)11(15)4-9/h2-4,6H,5H2,1H3. The summed E-state index contributed by atoms with van der Waals surface area (Å²) in [5.41, 5.74) is 0.637. The lowest BCUT2D eigenvalue weighted by Gasteiger charge is -2.09. The Balaban J connectivity index is 2.33. The minimum atomic E-state index is -0.549. The van der Waals surface area contributed by atoms with E-state index >= 15 is 0 Å². The predicted molar refractivity (Wildman–Crippen MR) is 67.8 cm³/mol. The van der Waals surface area contributed by atoms with E-state index < -0.39 is 5.82 Å². The topological polar surface area (TPSA) is 35.0 Å². The summed E-state index contributed by atoms with van der Waals surface area (Å²) >= 11 is 11.3. The number of nitrogens with zero attached hydrogens (tertiary/aromatic N) is 2. The first-order valence-corrected chi connectivity index (χ1v) is 6.03. The molecule has 0 bridgehead atoms. The molecule has 0 saturated carbocycles. The molecule has 18 heavy (non-hydrogen) atoms. The van der Waals surface area contributed by atoms with Crippen molar-refractivity contribution >= 4 is 23.2 Å². The minimum Gasteiger partial charge on any atom is -0.438 e. The van der Waals surface area contributed by atoms with Crippen LogP contribution in [0.2, 0.25) is 5.02 Å². The van der Waals surface area contributed by atoms with Crippen LogP contribution in [0.3, 0.4) is 0 Å². The maximum atomic E-state index is 13.3. The molecule has 0 amide bonds. The third kappa shape index (κ3) is 2.89. The van der Waals surface area contributed by atoms with Gasteiger partial charge in [-0.15, -0.1) is 11.6 Å². The Kier molecular flexibility index (Phi) is 3.99. The van der Waals surface area contributed by atoms with Crippen LogP contribution in [0.1, 0.15) is 11.4 Å². The number of aryl methyl sites for hydroxylation is 1. The highest BCUT2D eigenvalue weighted by Gasteiger charge is 2.09. The van der Waals surface area contributed by atoms with Gasteiger partial charge in [0.25, 0.3) is 0 Å². The zero-order chi connectivity index (χ0) is 13.1. The Bertz CT molecular complexity index is 578. The van der Waals surface area contributed by atoms with Crippen LogP contribution in [0.4, 0.5) is 4.39 Å². The molecule has 2 aromatic rings. The number of benzene rings is 1. The van der Waals surface area contributed by atoms with Gasteiger partial charge < -0.3 is 4.74 Å². The molecule has 0 unspecified atom stereocenters. The summed E-state index contributed by atoms with van der Waals surface area (Å²) in [6.45, 7) is 1.73. The molecule has 1 aromatic carbocycles. The lowest BCUT2D eigenvalue weighted by Crippen LogP contribution is -1.97. The van der Waals surface area contributed by atoms with Crippen molar-refractivity contribution < 1.29 is 9.13 Å². The van der Waals surface area contributed by atoms with Gasteiger partial charge in [-0.1, -0.05) is 11.6 Å². The molecule has 3 nitrogen and oxygen atoms in total. The lowest BCUT2D eigenvalue weighted by molar-refractivity contribution is 0.450. The Hall–Kier alpha value is -1.39. The van der Waals surface area contributed by atoms with Gasteiger partial charge in [-0.25, -0.2) is 9.37 Å². The number of halogens is 3. The fourth-order valence-electron chi connectivity index (χ4n) is 1.31. The van der Waals surface area contributed by atoms with Crippen molar-refractivity contribution in [2.75, 3.05) is 0 Å². The molecular weight excluding hydrogens is 278 g/mol. The molecule has 94 valence electrons. The van der Waals surface area contributed by atoms with E-state index in [-0.39, 0.29) is 10.9 Å².